The van der Waals surface area contributed by atoms with Crippen LogP contribution in [0.15, 0.2) is 27.8 Å². The number of H-pyrrole nitrogens is 1. The van der Waals surface area contributed by atoms with E-state index in [0.717, 1.165) is 10.6 Å². The van der Waals surface area contributed by atoms with Crippen LogP contribution in [0.2, 0.25) is 5.15 Å². The molecule has 0 saturated carbocycles. The van der Waals surface area contributed by atoms with E-state index in [0.29, 0.717) is 18.6 Å². The molecule has 0 bridgehead atoms. The third-order valence-corrected chi connectivity index (χ3v) is 3.36. The van der Waals surface area contributed by atoms with Crippen LogP contribution < -0.4 is 16.0 Å². The predicted molar refractivity (Wildman–Crippen MR) is 78.2 cm³/mol. The topological polar surface area (TPSA) is 64.1 Å². The Labute approximate surface area is 125 Å². The average molecular weight is 313 g/mol. The molecule has 21 heavy (non-hydrogen) atoms. The summed E-state index contributed by atoms with van der Waals surface area (Å²) in [6.45, 7) is 1.87. The Morgan fingerprint density at radius 2 is 2.10 bits per heavy atom. The summed E-state index contributed by atoms with van der Waals surface area (Å²) in [6, 6.07) is 3.82. The lowest BCUT2D eigenvalue weighted by molar-refractivity contribution is 0.413. The van der Waals surface area contributed by atoms with Crippen LogP contribution in [0, 0.1) is 5.82 Å². The van der Waals surface area contributed by atoms with Crippen LogP contribution in [-0.2, 0) is 6.42 Å². The summed E-state index contributed by atoms with van der Waals surface area (Å²) in [5.41, 5.74) is -1.34. The van der Waals surface area contributed by atoms with Crippen molar-refractivity contribution >= 4 is 11.6 Å². The van der Waals surface area contributed by atoms with Crippen molar-refractivity contribution in [1.29, 1.82) is 0 Å². The van der Waals surface area contributed by atoms with Gasteiger partial charge in [-0.05, 0) is 18.6 Å². The number of hydrogen-bond acceptors (Lipinski definition) is 3. The second-order valence-electron chi connectivity index (χ2n) is 4.43. The van der Waals surface area contributed by atoms with Gasteiger partial charge in [-0.2, -0.15) is 0 Å². The number of nitrogens with zero attached hydrogens (tertiary/aromatic N) is 1. The Hall–Kier alpha value is -2.08. The third-order valence-electron chi connectivity index (χ3n) is 3.04. The molecule has 0 fully saturated rings. The summed E-state index contributed by atoms with van der Waals surface area (Å²) in [5, 5.41) is -0.00796. The molecule has 0 aliphatic heterocycles. The first kappa shape index (κ1) is 15.3. The highest BCUT2D eigenvalue weighted by atomic mass is 35.5. The van der Waals surface area contributed by atoms with Gasteiger partial charge >= 0.3 is 5.69 Å². The van der Waals surface area contributed by atoms with Gasteiger partial charge in [-0.1, -0.05) is 24.9 Å². The van der Waals surface area contributed by atoms with Gasteiger partial charge < -0.3 is 4.74 Å². The number of hydrogen-bond donors (Lipinski definition) is 1. The number of aromatic nitrogens is 2. The van der Waals surface area contributed by atoms with E-state index in [4.69, 9.17) is 16.3 Å². The highest BCUT2D eigenvalue weighted by molar-refractivity contribution is 6.30. The number of aromatic amines is 1. The number of benzene rings is 1. The van der Waals surface area contributed by atoms with Crippen molar-refractivity contribution in [2.75, 3.05) is 7.11 Å². The number of rotatable bonds is 4. The molecule has 0 saturated heterocycles. The molecule has 5 nitrogen and oxygen atoms in total. The SMILES string of the molecule is CCCc1c(Cl)[nH]c(=O)n(-c2cc(OC)ccc2F)c1=O. The molecule has 0 atom stereocenters. The largest absolute Gasteiger partial charge is 0.497 e. The molecule has 0 amide bonds. The van der Waals surface area contributed by atoms with E-state index in [1.54, 1.807) is 0 Å². The van der Waals surface area contributed by atoms with Crippen molar-refractivity contribution < 1.29 is 9.13 Å². The van der Waals surface area contributed by atoms with E-state index in [2.05, 4.69) is 4.98 Å². The molecule has 1 aromatic carbocycles. The maximum atomic E-state index is 14.0. The molecule has 0 radical (unpaired) electrons. The fourth-order valence-electron chi connectivity index (χ4n) is 2.02. The van der Waals surface area contributed by atoms with E-state index in [1.165, 1.54) is 19.2 Å². The van der Waals surface area contributed by atoms with E-state index < -0.39 is 17.1 Å². The molecule has 112 valence electrons. The van der Waals surface area contributed by atoms with Gasteiger partial charge in [0.05, 0.1) is 18.4 Å². The standard InChI is InChI=1S/C14H14ClFN2O3/c1-3-4-9-12(15)17-14(20)18(13(9)19)11-7-8(21-2)5-6-10(11)16/h5-7H,3-4H2,1-2H3,(H,17,20). The fourth-order valence-corrected chi connectivity index (χ4v) is 2.28. The van der Waals surface area contributed by atoms with Gasteiger partial charge in [0.15, 0.2) is 0 Å². The van der Waals surface area contributed by atoms with Crippen molar-refractivity contribution in [2.45, 2.75) is 19.8 Å². The van der Waals surface area contributed by atoms with Gasteiger partial charge in [-0.15, -0.1) is 0 Å². The quantitative estimate of drug-likeness (QED) is 0.881. The van der Waals surface area contributed by atoms with E-state index >= 15 is 0 Å². The lowest BCUT2D eigenvalue weighted by Gasteiger charge is -2.10. The number of nitrogens with one attached hydrogen (secondary N) is 1. The predicted octanol–water partition coefficient (Wildman–Crippen LogP) is 2.28. The smallest absolute Gasteiger partial charge is 0.334 e. The minimum Gasteiger partial charge on any atom is -0.497 e. The third kappa shape index (κ3) is 2.85. The van der Waals surface area contributed by atoms with Crippen LogP contribution in [0.1, 0.15) is 18.9 Å². The van der Waals surface area contributed by atoms with Gasteiger partial charge in [-0.3, -0.25) is 9.78 Å². The van der Waals surface area contributed by atoms with Gasteiger partial charge in [0.1, 0.15) is 16.7 Å². The van der Waals surface area contributed by atoms with Gasteiger partial charge in [0.2, 0.25) is 0 Å². The van der Waals surface area contributed by atoms with Crippen molar-refractivity contribution in [3.8, 4) is 11.4 Å². The molecule has 7 heteroatoms. The second-order valence-corrected chi connectivity index (χ2v) is 4.81. The maximum absolute atomic E-state index is 14.0. The summed E-state index contributed by atoms with van der Waals surface area (Å²) in [5.74, 6) is -0.363. The number of halogens is 2. The van der Waals surface area contributed by atoms with Gasteiger partial charge in [0, 0.05) is 6.07 Å². The molecule has 0 unspecified atom stereocenters. The summed E-state index contributed by atoms with van der Waals surface area (Å²) in [4.78, 5) is 26.8. The summed E-state index contributed by atoms with van der Waals surface area (Å²) >= 11 is 5.88. The van der Waals surface area contributed by atoms with E-state index in [1.807, 2.05) is 6.92 Å². The minimum absolute atomic E-state index is 0.00796. The lowest BCUT2D eigenvalue weighted by Crippen LogP contribution is -2.36. The molecule has 0 spiro atoms. The molecule has 2 aromatic rings. The molecule has 0 aliphatic carbocycles. The first-order chi connectivity index (χ1) is 9.99. The van der Waals surface area contributed by atoms with Crippen molar-refractivity contribution in [3.63, 3.8) is 0 Å². The van der Waals surface area contributed by atoms with Crippen molar-refractivity contribution in [1.82, 2.24) is 9.55 Å². The average Bonchev–Trinajstić information content (AvgIpc) is 2.45. The zero-order valence-corrected chi connectivity index (χ0v) is 12.3. The van der Waals surface area contributed by atoms with Crippen LogP contribution in [0.3, 0.4) is 0 Å². The van der Waals surface area contributed by atoms with E-state index in [9.17, 15) is 14.0 Å². The molecule has 1 heterocycles. The first-order valence-corrected chi connectivity index (χ1v) is 6.75. The van der Waals surface area contributed by atoms with Crippen molar-refractivity contribution in [3.05, 3.63) is 55.6 Å². The highest BCUT2D eigenvalue weighted by Crippen LogP contribution is 2.19. The van der Waals surface area contributed by atoms with Crippen LogP contribution in [0.25, 0.3) is 5.69 Å². The molecule has 0 aliphatic rings. The van der Waals surface area contributed by atoms with Crippen LogP contribution in [0.4, 0.5) is 4.39 Å². The zero-order valence-electron chi connectivity index (χ0n) is 11.6. The molecule has 2 rings (SSSR count). The zero-order chi connectivity index (χ0) is 15.6. The fraction of sp³-hybridized carbons (Fsp3) is 0.286. The van der Waals surface area contributed by atoms with E-state index in [-0.39, 0.29) is 16.4 Å². The maximum Gasteiger partial charge on any atom is 0.334 e. The van der Waals surface area contributed by atoms with Gasteiger partial charge in [-0.25, -0.2) is 13.8 Å². The summed E-state index contributed by atoms with van der Waals surface area (Å²) in [6.07, 6.45) is 1.06. The Balaban J connectivity index is 2.78. The molecule has 1 N–H and O–H groups in total. The van der Waals surface area contributed by atoms with Crippen LogP contribution in [0.5, 0.6) is 5.75 Å². The molecular weight excluding hydrogens is 299 g/mol. The summed E-state index contributed by atoms with van der Waals surface area (Å²) < 4.78 is 19.7. The Morgan fingerprint density at radius 1 is 1.38 bits per heavy atom. The van der Waals surface area contributed by atoms with Crippen LogP contribution in [-0.4, -0.2) is 16.7 Å². The Morgan fingerprint density at radius 3 is 2.71 bits per heavy atom. The molecular formula is C14H14ClFN2O3. The molecule has 1 aromatic heterocycles. The highest BCUT2D eigenvalue weighted by Gasteiger charge is 2.16. The van der Waals surface area contributed by atoms with Gasteiger partial charge in [0.25, 0.3) is 5.56 Å². The summed E-state index contributed by atoms with van der Waals surface area (Å²) in [7, 11) is 1.41. The monoisotopic (exact) mass is 312 g/mol. The second kappa shape index (κ2) is 6.13. The van der Waals surface area contributed by atoms with Crippen molar-refractivity contribution in [2.24, 2.45) is 0 Å². The minimum atomic E-state index is -0.794. The number of ether oxygens (including phenoxy) is 1. The Bertz CT molecular complexity index is 783. The number of methoxy groups -OCH3 is 1. The van der Waals surface area contributed by atoms with Crippen LogP contribution >= 0.6 is 11.6 Å². The first-order valence-electron chi connectivity index (χ1n) is 6.37. The normalized spacial score (nSPS) is 10.7. The lowest BCUT2D eigenvalue weighted by atomic mass is 10.2. The Kier molecular flexibility index (Phi) is 4.47.